The van der Waals surface area contributed by atoms with Crippen molar-refractivity contribution in [3.05, 3.63) is 23.9 Å². The molecule has 1 atom stereocenters. The Labute approximate surface area is 107 Å². The molecule has 0 aliphatic carbocycles. The predicted octanol–water partition coefficient (Wildman–Crippen LogP) is 1.82. The molecule has 2 rings (SSSR count). The summed E-state index contributed by atoms with van der Waals surface area (Å²) < 4.78 is 1.79. The SMILES string of the molecule is Cc1cccn2nc(NC(C)(CN)C(C)C)nc12. The molecule has 0 aliphatic rings. The van der Waals surface area contributed by atoms with E-state index in [0.717, 1.165) is 11.2 Å². The summed E-state index contributed by atoms with van der Waals surface area (Å²) in [4.78, 5) is 4.51. The molecule has 98 valence electrons. The number of nitrogens with one attached hydrogen (secondary N) is 1. The Bertz CT molecular complexity index is 545. The summed E-state index contributed by atoms with van der Waals surface area (Å²) in [6.07, 6.45) is 1.90. The highest BCUT2D eigenvalue weighted by Gasteiger charge is 2.27. The number of anilines is 1. The Morgan fingerprint density at radius 3 is 2.78 bits per heavy atom. The lowest BCUT2D eigenvalue weighted by molar-refractivity contribution is 0.380. The third-order valence-corrected chi connectivity index (χ3v) is 3.65. The van der Waals surface area contributed by atoms with Gasteiger partial charge in [-0.05, 0) is 31.4 Å². The number of pyridine rings is 1. The summed E-state index contributed by atoms with van der Waals surface area (Å²) in [5.74, 6) is 1.03. The van der Waals surface area contributed by atoms with Crippen molar-refractivity contribution in [2.24, 2.45) is 11.7 Å². The van der Waals surface area contributed by atoms with Crippen LogP contribution in [0.15, 0.2) is 18.3 Å². The maximum atomic E-state index is 5.86. The van der Waals surface area contributed by atoms with E-state index >= 15 is 0 Å². The highest BCUT2D eigenvalue weighted by atomic mass is 15.4. The Kier molecular flexibility index (Phi) is 3.26. The van der Waals surface area contributed by atoms with Gasteiger partial charge in [-0.1, -0.05) is 19.9 Å². The quantitative estimate of drug-likeness (QED) is 0.864. The first-order valence-corrected chi connectivity index (χ1v) is 6.26. The van der Waals surface area contributed by atoms with Gasteiger partial charge in [-0.3, -0.25) is 0 Å². The van der Waals surface area contributed by atoms with Gasteiger partial charge in [0.1, 0.15) is 0 Å². The summed E-state index contributed by atoms with van der Waals surface area (Å²) >= 11 is 0. The van der Waals surface area contributed by atoms with E-state index in [1.54, 1.807) is 4.52 Å². The lowest BCUT2D eigenvalue weighted by Crippen LogP contribution is -2.47. The van der Waals surface area contributed by atoms with E-state index in [1.165, 1.54) is 0 Å². The molecular weight excluding hydrogens is 226 g/mol. The Hall–Kier alpha value is -1.62. The van der Waals surface area contributed by atoms with Crippen LogP contribution in [0.4, 0.5) is 5.95 Å². The van der Waals surface area contributed by atoms with E-state index in [4.69, 9.17) is 5.73 Å². The van der Waals surface area contributed by atoms with Crippen LogP contribution in [0.2, 0.25) is 0 Å². The lowest BCUT2D eigenvalue weighted by atomic mass is 9.89. The first kappa shape index (κ1) is 12.8. The molecule has 1 unspecified atom stereocenters. The van der Waals surface area contributed by atoms with Crippen LogP contribution in [-0.2, 0) is 0 Å². The molecule has 0 saturated heterocycles. The predicted molar refractivity (Wildman–Crippen MR) is 73.6 cm³/mol. The van der Waals surface area contributed by atoms with E-state index in [-0.39, 0.29) is 5.54 Å². The van der Waals surface area contributed by atoms with Gasteiger partial charge >= 0.3 is 0 Å². The zero-order valence-corrected chi connectivity index (χ0v) is 11.4. The molecule has 0 saturated carbocycles. The molecule has 0 radical (unpaired) electrons. The number of nitrogens with two attached hydrogens (primary N) is 1. The molecule has 2 heterocycles. The molecule has 0 aliphatic heterocycles. The molecule has 2 aromatic heterocycles. The van der Waals surface area contributed by atoms with Crippen molar-refractivity contribution in [1.29, 1.82) is 0 Å². The van der Waals surface area contributed by atoms with Gasteiger partial charge < -0.3 is 11.1 Å². The normalized spacial score (nSPS) is 15.0. The van der Waals surface area contributed by atoms with Crippen molar-refractivity contribution in [1.82, 2.24) is 14.6 Å². The Morgan fingerprint density at radius 2 is 2.22 bits per heavy atom. The minimum absolute atomic E-state index is 0.196. The molecule has 0 fully saturated rings. The molecule has 3 N–H and O–H groups in total. The summed E-state index contributed by atoms with van der Waals surface area (Å²) in [6, 6.07) is 3.99. The van der Waals surface area contributed by atoms with Gasteiger partial charge in [0.05, 0.1) is 5.54 Å². The zero-order valence-electron chi connectivity index (χ0n) is 11.4. The average molecular weight is 247 g/mol. The third-order valence-electron chi connectivity index (χ3n) is 3.65. The van der Waals surface area contributed by atoms with E-state index in [0.29, 0.717) is 18.4 Å². The first-order chi connectivity index (χ1) is 8.46. The van der Waals surface area contributed by atoms with Crippen molar-refractivity contribution >= 4 is 11.6 Å². The van der Waals surface area contributed by atoms with Gasteiger partial charge in [0, 0.05) is 12.7 Å². The number of hydrogen-bond acceptors (Lipinski definition) is 4. The third kappa shape index (κ3) is 2.18. The van der Waals surface area contributed by atoms with E-state index < -0.39 is 0 Å². The fourth-order valence-electron chi connectivity index (χ4n) is 1.78. The number of nitrogens with zero attached hydrogens (tertiary/aromatic N) is 3. The second-order valence-electron chi connectivity index (χ2n) is 5.30. The van der Waals surface area contributed by atoms with Crippen LogP contribution in [0, 0.1) is 12.8 Å². The molecular formula is C13H21N5. The van der Waals surface area contributed by atoms with Gasteiger partial charge in [-0.15, -0.1) is 5.10 Å². The molecule has 5 nitrogen and oxygen atoms in total. The maximum Gasteiger partial charge on any atom is 0.243 e. The van der Waals surface area contributed by atoms with E-state index in [2.05, 4.69) is 36.2 Å². The van der Waals surface area contributed by atoms with Gasteiger partial charge in [-0.2, -0.15) is 4.98 Å². The smallest absolute Gasteiger partial charge is 0.243 e. The average Bonchev–Trinajstić information content (AvgIpc) is 2.72. The van der Waals surface area contributed by atoms with Crippen LogP contribution in [0.1, 0.15) is 26.3 Å². The van der Waals surface area contributed by atoms with Gasteiger partial charge in [0.15, 0.2) is 5.65 Å². The molecule has 0 aromatic carbocycles. The highest BCUT2D eigenvalue weighted by Crippen LogP contribution is 2.20. The molecule has 0 spiro atoms. The summed E-state index contributed by atoms with van der Waals surface area (Å²) in [5.41, 5.74) is 7.65. The van der Waals surface area contributed by atoms with Crippen LogP contribution in [0.5, 0.6) is 0 Å². The maximum absolute atomic E-state index is 5.86. The largest absolute Gasteiger partial charge is 0.346 e. The standard InChI is InChI=1S/C13H21N5/c1-9(2)13(4,8-14)16-12-15-11-10(3)6-5-7-18(11)17-12/h5-7,9H,8,14H2,1-4H3,(H,16,17). The minimum Gasteiger partial charge on any atom is -0.346 e. The molecule has 18 heavy (non-hydrogen) atoms. The van der Waals surface area contributed by atoms with Crippen LogP contribution in [0.3, 0.4) is 0 Å². The number of hydrogen-bond donors (Lipinski definition) is 2. The summed E-state index contributed by atoms with van der Waals surface area (Å²) in [7, 11) is 0. The summed E-state index contributed by atoms with van der Waals surface area (Å²) in [5, 5.41) is 7.78. The zero-order chi connectivity index (χ0) is 13.3. The van der Waals surface area contributed by atoms with Crippen molar-refractivity contribution < 1.29 is 0 Å². The topological polar surface area (TPSA) is 68.2 Å². The lowest BCUT2D eigenvalue weighted by Gasteiger charge is -2.32. The molecule has 0 bridgehead atoms. The van der Waals surface area contributed by atoms with Gasteiger partial charge in [0.25, 0.3) is 0 Å². The number of fused-ring (bicyclic) bond motifs is 1. The van der Waals surface area contributed by atoms with Crippen molar-refractivity contribution in [3.8, 4) is 0 Å². The van der Waals surface area contributed by atoms with Crippen LogP contribution in [0.25, 0.3) is 5.65 Å². The Balaban J connectivity index is 2.35. The van der Waals surface area contributed by atoms with Gasteiger partial charge in [-0.25, -0.2) is 4.52 Å². The van der Waals surface area contributed by atoms with Crippen LogP contribution < -0.4 is 11.1 Å². The molecule has 2 aromatic rings. The second kappa shape index (κ2) is 4.57. The fourth-order valence-corrected chi connectivity index (χ4v) is 1.78. The van der Waals surface area contributed by atoms with Crippen LogP contribution >= 0.6 is 0 Å². The Morgan fingerprint density at radius 1 is 1.50 bits per heavy atom. The van der Waals surface area contributed by atoms with E-state index in [1.807, 2.05) is 25.3 Å². The van der Waals surface area contributed by atoms with E-state index in [9.17, 15) is 0 Å². The van der Waals surface area contributed by atoms with Gasteiger partial charge in [0.2, 0.25) is 5.95 Å². The van der Waals surface area contributed by atoms with Crippen LogP contribution in [-0.4, -0.2) is 26.7 Å². The van der Waals surface area contributed by atoms with Crippen molar-refractivity contribution in [2.75, 3.05) is 11.9 Å². The second-order valence-corrected chi connectivity index (χ2v) is 5.30. The monoisotopic (exact) mass is 247 g/mol. The molecule has 0 amide bonds. The first-order valence-electron chi connectivity index (χ1n) is 6.26. The number of aromatic nitrogens is 3. The van der Waals surface area contributed by atoms with Crippen molar-refractivity contribution in [2.45, 2.75) is 33.2 Å². The number of rotatable bonds is 4. The van der Waals surface area contributed by atoms with Crippen molar-refractivity contribution in [3.63, 3.8) is 0 Å². The fraction of sp³-hybridized carbons (Fsp3) is 0.538. The molecule has 5 heteroatoms. The minimum atomic E-state index is -0.196. The number of aryl methyl sites for hydroxylation is 1. The highest BCUT2D eigenvalue weighted by molar-refractivity contribution is 5.50. The summed E-state index contributed by atoms with van der Waals surface area (Å²) in [6.45, 7) is 8.94.